The number of hydrogen-bond donors (Lipinski definition) is 1. The highest BCUT2D eigenvalue weighted by Gasteiger charge is 2.41. The van der Waals surface area contributed by atoms with Crippen molar-refractivity contribution in [2.75, 3.05) is 26.8 Å². The van der Waals surface area contributed by atoms with Gasteiger partial charge < -0.3 is 14.8 Å². The van der Waals surface area contributed by atoms with Crippen LogP contribution in [0.2, 0.25) is 0 Å². The van der Waals surface area contributed by atoms with Crippen LogP contribution in [0.25, 0.3) is 0 Å². The van der Waals surface area contributed by atoms with Crippen molar-refractivity contribution in [1.82, 2.24) is 10.2 Å². The second kappa shape index (κ2) is 7.56. The number of carbonyl (C=O) groups is 1. The van der Waals surface area contributed by atoms with E-state index in [1.54, 1.807) is 0 Å². The molecule has 0 unspecified atom stereocenters. The molecule has 0 aromatic carbocycles. The summed E-state index contributed by atoms with van der Waals surface area (Å²) < 4.78 is 11.5. The van der Waals surface area contributed by atoms with Crippen LogP contribution in [0, 0.1) is 0 Å². The van der Waals surface area contributed by atoms with Gasteiger partial charge in [-0.25, -0.2) is 0 Å². The maximum absolute atomic E-state index is 12.1. The van der Waals surface area contributed by atoms with Crippen molar-refractivity contribution in [2.24, 2.45) is 0 Å². The van der Waals surface area contributed by atoms with E-state index in [4.69, 9.17) is 9.47 Å². The summed E-state index contributed by atoms with van der Waals surface area (Å²) in [6.45, 7) is 6.15. The van der Waals surface area contributed by atoms with Crippen molar-refractivity contribution < 1.29 is 14.3 Å². The van der Waals surface area contributed by atoms with Crippen molar-refractivity contribution in [1.29, 1.82) is 0 Å². The Morgan fingerprint density at radius 1 is 1.24 bits per heavy atom. The zero-order chi connectivity index (χ0) is 15.3. The summed E-state index contributed by atoms with van der Waals surface area (Å²) in [5.74, 6) is -0.172. The van der Waals surface area contributed by atoms with Gasteiger partial charge in [-0.2, -0.15) is 0 Å². The van der Waals surface area contributed by atoms with Crippen LogP contribution < -0.4 is 5.32 Å². The second-order valence-electron chi connectivity index (χ2n) is 6.33. The van der Waals surface area contributed by atoms with Gasteiger partial charge >= 0.3 is 0 Å². The van der Waals surface area contributed by atoms with Crippen LogP contribution in [0.4, 0.5) is 0 Å². The van der Waals surface area contributed by atoms with Crippen LogP contribution in [0.1, 0.15) is 52.4 Å². The molecule has 1 heterocycles. The molecular formula is C16H30N2O3. The Kier molecular flexibility index (Phi) is 6.02. The average molecular weight is 298 g/mol. The molecule has 1 N–H and O–H groups in total. The lowest BCUT2D eigenvalue weighted by molar-refractivity contribution is -0.183. The van der Waals surface area contributed by atoms with Crippen molar-refractivity contribution in [2.45, 2.75) is 70.2 Å². The van der Waals surface area contributed by atoms with Gasteiger partial charge in [0.05, 0.1) is 19.8 Å². The van der Waals surface area contributed by atoms with E-state index in [-0.39, 0.29) is 11.7 Å². The first kappa shape index (κ1) is 16.7. The first-order valence-corrected chi connectivity index (χ1v) is 8.36. The standard InChI is InChI=1S/C16H30N2O3/c1-4-13(5-2)17-15(19)12-18(3)14-6-8-16(9-7-14)20-10-11-21-16/h13-14H,4-12H2,1-3H3,(H,17,19). The molecule has 0 aromatic heterocycles. The maximum Gasteiger partial charge on any atom is 0.234 e. The first-order valence-electron chi connectivity index (χ1n) is 8.36. The zero-order valence-electron chi connectivity index (χ0n) is 13.7. The molecule has 5 heteroatoms. The molecule has 1 spiro atoms. The third-order valence-electron chi connectivity index (χ3n) is 4.90. The highest BCUT2D eigenvalue weighted by atomic mass is 16.7. The van der Waals surface area contributed by atoms with Crippen molar-refractivity contribution in [3.8, 4) is 0 Å². The Morgan fingerprint density at radius 3 is 2.33 bits per heavy atom. The monoisotopic (exact) mass is 298 g/mol. The molecule has 0 bridgehead atoms. The van der Waals surface area contributed by atoms with Crippen LogP contribution in [0.5, 0.6) is 0 Å². The molecular weight excluding hydrogens is 268 g/mol. The fourth-order valence-electron chi connectivity index (χ4n) is 3.39. The van der Waals surface area contributed by atoms with Gasteiger partial charge in [0.25, 0.3) is 0 Å². The van der Waals surface area contributed by atoms with E-state index in [0.29, 0.717) is 18.6 Å². The Morgan fingerprint density at radius 2 is 1.81 bits per heavy atom. The zero-order valence-corrected chi connectivity index (χ0v) is 13.7. The quantitative estimate of drug-likeness (QED) is 0.814. The molecule has 0 aromatic rings. The number of ether oxygens (including phenoxy) is 2. The minimum absolute atomic E-state index is 0.139. The van der Waals surface area contributed by atoms with Gasteiger partial charge in [0, 0.05) is 24.9 Å². The highest BCUT2D eigenvalue weighted by Crippen LogP contribution is 2.36. The van der Waals surface area contributed by atoms with Gasteiger partial charge in [-0.3, -0.25) is 9.69 Å². The fraction of sp³-hybridized carbons (Fsp3) is 0.938. The number of rotatable bonds is 6. The van der Waals surface area contributed by atoms with E-state index in [2.05, 4.69) is 24.1 Å². The molecule has 1 saturated carbocycles. The summed E-state index contributed by atoms with van der Waals surface area (Å²) in [4.78, 5) is 14.3. The topological polar surface area (TPSA) is 50.8 Å². The van der Waals surface area contributed by atoms with E-state index in [0.717, 1.165) is 51.7 Å². The maximum atomic E-state index is 12.1. The molecule has 2 rings (SSSR count). The van der Waals surface area contributed by atoms with Crippen LogP contribution in [0.3, 0.4) is 0 Å². The Labute approximate surface area is 128 Å². The summed E-state index contributed by atoms with van der Waals surface area (Å²) in [6.07, 6.45) is 5.94. The minimum atomic E-state index is -0.310. The largest absolute Gasteiger partial charge is 0.352 e. The SMILES string of the molecule is CCC(CC)NC(=O)CN(C)C1CCC2(CC1)OCCO2. The molecule has 0 atom stereocenters. The molecule has 122 valence electrons. The number of amides is 1. The number of hydrogen-bond acceptors (Lipinski definition) is 4. The van der Waals surface area contributed by atoms with Crippen molar-refractivity contribution in [3.63, 3.8) is 0 Å². The molecule has 5 nitrogen and oxygen atoms in total. The highest BCUT2D eigenvalue weighted by molar-refractivity contribution is 5.78. The normalized spacial score (nSPS) is 22.3. The van der Waals surface area contributed by atoms with Gasteiger partial charge in [0.15, 0.2) is 5.79 Å². The molecule has 21 heavy (non-hydrogen) atoms. The van der Waals surface area contributed by atoms with Crippen LogP contribution >= 0.6 is 0 Å². The van der Waals surface area contributed by atoms with Gasteiger partial charge in [-0.1, -0.05) is 13.8 Å². The van der Waals surface area contributed by atoms with Gasteiger partial charge in [0.2, 0.25) is 5.91 Å². The summed E-state index contributed by atoms with van der Waals surface area (Å²) >= 11 is 0. The third kappa shape index (κ3) is 4.41. The van der Waals surface area contributed by atoms with Crippen LogP contribution in [0.15, 0.2) is 0 Å². The van der Waals surface area contributed by atoms with Crippen LogP contribution in [-0.2, 0) is 14.3 Å². The van der Waals surface area contributed by atoms with Crippen molar-refractivity contribution in [3.05, 3.63) is 0 Å². The summed E-state index contributed by atoms with van der Waals surface area (Å²) in [6, 6.07) is 0.761. The van der Waals surface area contributed by atoms with Crippen LogP contribution in [-0.4, -0.2) is 55.5 Å². The molecule has 1 saturated heterocycles. The number of likely N-dealkylation sites (N-methyl/N-ethyl adjacent to an activating group) is 1. The average Bonchev–Trinajstić information content (AvgIpc) is 2.93. The lowest BCUT2D eigenvalue weighted by atomic mass is 9.89. The molecule has 1 aliphatic carbocycles. The van der Waals surface area contributed by atoms with Crippen molar-refractivity contribution >= 4 is 5.91 Å². The molecule has 1 aliphatic heterocycles. The Balaban J connectivity index is 1.74. The Bertz CT molecular complexity index is 328. The molecule has 2 aliphatic rings. The molecule has 2 fully saturated rings. The van der Waals surface area contributed by atoms with E-state index in [1.165, 1.54) is 0 Å². The van der Waals surface area contributed by atoms with Gasteiger partial charge in [-0.15, -0.1) is 0 Å². The number of nitrogens with one attached hydrogen (secondary N) is 1. The predicted molar refractivity (Wildman–Crippen MR) is 82.0 cm³/mol. The minimum Gasteiger partial charge on any atom is -0.352 e. The lowest BCUT2D eigenvalue weighted by Gasteiger charge is -2.38. The fourth-order valence-corrected chi connectivity index (χ4v) is 3.39. The summed E-state index contributed by atoms with van der Waals surface area (Å²) in [7, 11) is 2.05. The lowest BCUT2D eigenvalue weighted by Crippen LogP contribution is -2.47. The van der Waals surface area contributed by atoms with Gasteiger partial charge in [0.1, 0.15) is 0 Å². The Hall–Kier alpha value is -0.650. The van der Waals surface area contributed by atoms with Gasteiger partial charge in [-0.05, 0) is 32.7 Å². The smallest absolute Gasteiger partial charge is 0.234 e. The van der Waals surface area contributed by atoms with E-state index in [1.807, 2.05) is 7.05 Å². The second-order valence-corrected chi connectivity index (χ2v) is 6.33. The summed E-state index contributed by atoms with van der Waals surface area (Å²) in [5, 5.41) is 3.10. The number of carbonyl (C=O) groups excluding carboxylic acids is 1. The number of nitrogens with zero attached hydrogens (tertiary/aromatic N) is 1. The summed E-state index contributed by atoms with van der Waals surface area (Å²) in [5.41, 5.74) is 0. The predicted octanol–water partition coefficient (Wildman–Crippen LogP) is 1.91. The van der Waals surface area contributed by atoms with E-state index >= 15 is 0 Å². The van der Waals surface area contributed by atoms with E-state index < -0.39 is 0 Å². The van der Waals surface area contributed by atoms with E-state index in [9.17, 15) is 4.79 Å². The molecule has 0 radical (unpaired) electrons. The first-order chi connectivity index (χ1) is 10.1. The molecule has 1 amide bonds. The third-order valence-corrected chi connectivity index (χ3v) is 4.90.